The second kappa shape index (κ2) is 8.19. The molecular weight excluding hydrogens is 405 g/mol. The van der Waals surface area contributed by atoms with E-state index >= 15 is 0 Å². The fourth-order valence-electron chi connectivity index (χ4n) is 2.73. The van der Waals surface area contributed by atoms with Crippen molar-refractivity contribution in [3.05, 3.63) is 70.3 Å². The van der Waals surface area contributed by atoms with Gasteiger partial charge in [0.25, 0.3) is 5.69 Å². The number of alkyl halides is 3. The Kier molecular flexibility index (Phi) is 5.67. The number of nitro benzene ring substituents is 1. The number of carbonyl (C=O) groups is 1. The SMILES string of the molecule is Cc1c(NCC(=O)Nc2cc(C(F)(F)F)ccc2-n2cncn2)cccc1[N+](=O)[O-]. The molecule has 0 aliphatic carbocycles. The van der Waals surface area contributed by atoms with Crippen LogP contribution in [0.3, 0.4) is 0 Å². The van der Waals surface area contributed by atoms with Crippen LogP contribution in [0, 0.1) is 17.0 Å². The zero-order valence-corrected chi connectivity index (χ0v) is 15.5. The molecule has 0 atom stereocenters. The number of nitrogens with one attached hydrogen (secondary N) is 2. The van der Waals surface area contributed by atoms with Crippen LogP contribution in [0.1, 0.15) is 11.1 Å². The normalized spacial score (nSPS) is 11.2. The van der Waals surface area contributed by atoms with Gasteiger partial charge >= 0.3 is 6.18 Å². The summed E-state index contributed by atoms with van der Waals surface area (Å²) in [7, 11) is 0. The molecule has 30 heavy (non-hydrogen) atoms. The molecule has 0 saturated heterocycles. The Morgan fingerprint density at radius 3 is 2.63 bits per heavy atom. The summed E-state index contributed by atoms with van der Waals surface area (Å²) in [6, 6.07) is 7.19. The number of rotatable bonds is 6. The first-order chi connectivity index (χ1) is 14.2. The van der Waals surface area contributed by atoms with Gasteiger partial charge in [-0.15, -0.1) is 0 Å². The van der Waals surface area contributed by atoms with Gasteiger partial charge in [0.05, 0.1) is 28.4 Å². The third-order valence-corrected chi connectivity index (χ3v) is 4.20. The lowest BCUT2D eigenvalue weighted by Crippen LogP contribution is -2.23. The van der Waals surface area contributed by atoms with Crippen molar-refractivity contribution in [3.8, 4) is 5.69 Å². The van der Waals surface area contributed by atoms with Gasteiger partial charge in [0, 0.05) is 17.3 Å². The van der Waals surface area contributed by atoms with E-state index in [-0.39, 0.29) is 23.6 Å². The van der Waals surface area contributed by atoms with E-state index in [1.807, 2.05) is 0 Å². The summed E-state index contributed by atoms with van der Waals surface area (Å²) in [6.07, 6.45) is -2.11. The van der Waals surface area contributed by atoms with Crippen molar-refractivity contribution in [2.75, 3.05) is 17.2 Å². The van der Waals surface area contributed by atoms with Crippen molar-refractivity contribution >= 4 is 23.0 Å². The van der Waals surface area contributed by atoms with Gasteiger partial charge in [0.15, 0.2) is 0 Å². The van der Waals surface area contributed by atoms with Crippen LogP contribution in [0.2, 0.25) is 0 Å². The van der Waals surface area contributed by atoms with E-state index in [0.717, 1.165) is 12.1 Å². The average molecular weight is 420 g/mol. The molecule has 0 unspecified atom stereocenters. The molecule has 0 spiro atoms. The van der Waals surface area contributed by atoms with Crippen LogP contribution in [0.4, 0.5) is 30.2 Å². The highest BCUT2D eigenvalue weighted by Gasteiger charge is 2.31. The van der Waals surface area contributed by atoms with Crippen LogP contribution in [-0.4, -0.2) is 32.1 Å². The van der Waals surface area contributed by atoms with Crippen LogP contribution in [0.5, 0.6) is 0 Å². The molecule has 1 heterocycles. The molecule has 1 amide bonds. The Morgan fingerprint density at radius 2 is 2.00 bits per heavy atom. The fraction of sp³-hybridized carbons (Fsp3) is 0.167. The second-order valence-electron chi connectivity index (χ2n) is 6.18. The van der Waals surface area contributed by atoms with Gasteiger partial charge in [-0.3, -0.25) is 14.9 Å². The molecule has 0 bridgehead atoms. The van der Waals surface area contributed by atoms with E-state index in [9.17, 15) is 28.1 Å². The largest absolute Gasteiger partial charge is 0.416 e. The Bertz CT molecular complexity index is 1080. The molecule has 12 heteroatoms. The first-order valence-electron chi connectivity index (χ1n) is 8.51. The molecule has 2 N–H and O–H groups in total. The highest BCUT2D eigenvalue weighted by atomic mass is 19.4. The summed E-state index contributed by atoms with van der Waals surface area (Å²) in [5, 5.41) is 20.0. The zero-order chi connectivity index (χ0) is 21.9. The van der Waals surface area contributed by atoms with Crippen molar-refractivity contribution in [3.63, 3.8) is 0 Å². The van der Waals surface area contributed by atoms with Crippen molar-refractivity contribution in [2.24, 2.45) is 0 Å². The lowest BCUT2D eigenvalue weighted by molar-refractivity contribution is -0.385. The number of nitro groups is 1. The summed E-state index contributed by atoms with van der Waals surface area (Å²) in [6.45, 7) is 1.20. The van der Waals surface area contributed by atoms with Gasteiger partial charge in [-0.05, 0) is 31.2 Å². The summed E-state index contributed by atoms with van der Waals surface area (Å²) in [5.74, 6) is -0.651. The summed E-state index contributed by atoms with van der Waals surface area (Å²) in [4.78, 5) is 26.6. The van der Waals surface area contributed by atoms with E-state index in [4.69, 9.17) is 0 Å². The first kappa shape index (κ1) is 20.8. The Labute approximate surface area is 167 Å². The number of benzene rings is 2. The highest BCUT2D eigenvalue weighted by molar-refractivity contribution is 5.95. The number of nitrogens with zero attached hydrogens (tertiary/aromatic N) is 4. The number of halogens is 3. The lowest BCUT2D eigenvalue weighted by atomic mass is 10.1. The maximum atomic E-state index is 13.1. The molecule has 156 valence electrons. The minimum absolute atomic E-state index is 0.113. The molecule has 0 fully saturated rings. The number of hydrogen-bond donors (Lipinski definition) is 2. The monoisotopic (exact) mass is 420 g/mol. The van der Waals surface area contributed by atoms with Crippen LogP contribution < -0.4 is 10.6 Å². The molecular formula is C18H15F3N6O3. The Morgan fingerprint density at radius 1 is 1.23 bits per heavy atom. The fourth-order valence-corrected chi connectivity index (χ4v) is 2.73. The van der Waals surface area contributed by atoms with Crippen LogP contribution in [-0.2, 0) is 11.0 Å². The molecule has 3 rings (SSSR count). The molecule has 2 aromatic carbocycles. The number of anilines is 2. The topological polar surface area (TPSA) is 115 Å². The van der Waals surface area contributed by atoms with E-state index in [1.54, 1.807) is 6.07 Å². The second-order valence-corrected chi connectivity index (χ2v) is 6.18. The zero-order valence-electron chi connectivity index (χ0n) is 15.5. The van der Waals surface area contributed by atoms with Gasteiger partial charge in [-0.1, -0.05) is 6.07 Å². The van der Waals surface area contributed by atoms with Crippen LogP contribution >= 0.6 is 0 Å². The average Bonchev–Trinajstić information content (AvgIpc) is 3.20. The predicted molar refractivity (Wildman–Crippen MR) is 101 cm³/mol. The van der Waals surface area contributed by atoms with E-state index < -0.39 is 22.6 Å². The van der Waals surface area contributed by atoms with Crippen LogP contribution in [0.15, 0.2) is 49.1 Å². The Hall–Kier alpha value is -3.96. The number of amides is 1. The van der Waals surface area contributed by atoms with Crippen molar-refractivity contribution < 1.29 is 22.9 Å². The summed E-state index contributed by atoms with van der Waals surface area (Å²) < 4.78 is 40.5. The molecule has 0 saturated carbocycles. The van der Waals surface area contributed by atoms with E-state index in [2.05, 4.69) is 20.7 Å². The van der Waals surface area contributed by atoms with Crippen molar-refractivity contribution in [1.29, 1.82) is 0 Å². The predicted octanol–water partition coefficient (Wildman–Crippen LogP) is 3.55. The minimum Gasteiger partial charge on any atom is -0.376 e. The summed E-state index contributed by atoms with van der Waals surface area (Å²) >= 11 is 0. The third kappa shape index (κ3) is 4.54. The van der Waals surface area contributed by atoms with Crippen molar-refractivity contribution in [2.45, 2.75) is 13.1 Å². The van der Waals surface area contributed by atoms with Gasteiger partial charge in [0.1, 0.15) is 12.7 Å². The quantitative estimate of drug-likeness (QED) is 0.466. The maximum absolute atomic E-state index is 13.1. The van der Waals surface area contributed by atoms with Crippen molar-refractivity contribution in [1.82, 2.24) is 14.8 Å². The molecule has 0 aliphatic heterocycles. The van der Waals surface area contributed by atoms with E-state index in [1.165, 1.54) is 42.5 Å². The highest BCUT2D eigenvalue weighted by Crippen LogP contribution is 2.33. The minimum atomic E-state index is -4.60. The molecule has 3 aromatic rings. The lowest BCUT2D eigenvalue weighted by Gasteiger charge is -2.15. The van der Waals surface area contributed by atoms with Gasteiger partial charge in [0.2, 0.25) is 5.91 Å². The van der Waals surface area contributed by atoms with Gasteiger partial charge in [-0.2, -0.15) is 18.3 Å². The summed E-state index contributed by atoms with van der Waals surface area (Å²) in [5.41, 5.74) is -0.285. The molecule has 1 aromatic heterocycles. The smallest absolute Gasteiger partial charge is 0.376 e. The van der Waals surface area contributed by atoms with Gasteiger partial charge in [-0.25, -0.2) is 9.67 Å². The molecule has 9 nitrogen and oxygen atoms in total. The van der Waals surface area contributed by atoms with E-state index in [0.29, 0.717) is 11.3 Å². The maximum Gasteiger partial charge on any atom is 0.416 e. The molecule has 0 aliphatic rings. The number of aromatic nitrogens is 3. The Balaban J connectivity index is 1.81. The van der Waals surface area contributed by atoms with Crippen LogP contribution in [0.25, 0.3) is 5.69 Å². The van der Waals surface area contributed by atoms with Gasteiger partial charge < -0.3 is 10.6 Å². The molecule has 0 radical (unpaired) electrons. The number of carbonyl (C=O) groups excluding carboxylic acids is 1. The first-order valence-corrected chi connectivity index (χ1v) is 8.51. The standard InChI is InChI=1S/C18H15F3N6O3/c1-11-13(3-2-4-15(11)27(29)30)23-8-17(28)25-14-7-12(18(19,20)21)5-6-16(14)26-10-22-9-24-26/h2-7,9-10,23H,8H2,1H3,(H,25,28). The third-order valence-electron chi connectivity index (χ3n) is 4.20. The number of hydrogen-bond acceptors (Lipinski definition) is 6.